The number of fused-ring (bicyclic) bond motifs is 1. The third kappa shape index (κ3) is 4.36. The van der Waals surface area contributed by atoms with E-state index in [0.717, 1.165) is 22.4 Å². The predicted molar refractivity (Wildman–Crippen MR) is 137 cm³/mol. The van der Waals surface area contributed by atoms with Crippen LogP contribution in [0.25, 0.3) is 11.1 Å². The topological polar surface area (TPSA) is 126 Å². The number of carbonyl (C=O) groups excluding carboxylic acids is 3. The third-order valence-corrected chi connectivity index (χ3v) is 6.50. The van der Waals surface area contributed by atoms with Gasteiger partial charge in [-0.25, -0.2) is 14.8 Å². The van der Waals surface area contributed by atoms with Crippen molar-refractivity contribution in [3.05, 3.63) is 101 Å². The molecule has 0 bridgehead atoms. The highest BCUT2D eigenvalue weighted by Crippen LogP contribution is 2.33. The number of aromatic nitrogens is 1. The first-order valence-electron chi connectivity index (χ1n) is 11.4. The van der Waals surface area contributed by atoms with Gasteiger partial charge in [-0.15, -0.1) is 0 Å². The van der Waals surface area contributed by atoms with Gasteiger partial charge in [-0.2, -0.15) is 0 Å². The summed E-state index contributed by atoms with van der Waals surface area (Å²) < 4.78 is 5.15. The molecule has 2 aromatic heterocycles. The molecular weight excluding hydrogens is 494 g/mol. The maximum Gasteiger partial charge on any atom is 0.322 e. The lowest BCUT2D eigenvalue weighted by atomic mass is 9.99. The molecule has 1 unspecified atom stereocenters. The lowest BCUT2D eigenvalue weighted by Gasteiger charge is -2.09. The molecule has 0 spiro atoms. The van der Waals surface area contributed by atoms with Crippen molar-refractivity contribution >= 4 is 46.7 Å². The minimum absolute atomic E-state index is 0.211. The first-order chi connectivity index (χ1) is 17.9. The van der Waals surface area contributed by atoms with E-state index in [-0.39, 0.29) is 17.6 Å². The van der Waals surface area contributed by atoms with Crippen LogP contribution in [0.15, 0.2) is 82.5 Å². The molecule has 2 aromatic carbocycles. The quantitative estimate of drug-likeness (QED) is 0.332. The van der Waals surface area contributed by atoms with Gasteiger partial charge >= 0.3 is 6.03 Å². The van der Waals surface area contributed by atoms with E-state index in [9.17, 15) is 14.4 Å². The van der Waals surface area contributed by atoms with Crippen LogP contribution in [-0.4, -0.2) is 28.5 Å². The second-order valence-electron chi connectivity index (χ2n) is 8.59. The summed E-state index contributed by atoms with van der Waals surface area (Å²) in [5.41, 5.74) is 5.47. The Balaban J connectivity index is 1.20. The van der Waals surface area contributed by atoms with Crippen molar-refractivity contribution in [3.63, 3.8) is 0 Å². The number of hydrogen-bond acceptors (Lipinski definition) is 6. The zero-order valence-corrected chi connectivity index (χ0v) is 19.9. The Morgan fingerprint density at radius 2 is 1.89 bits per heavy atom. The van der Waals surface area contributed by atoms with Gasteiger partial charge in [-0.05, 0) is 47.5 Å². The van der Waals surface area contributed by atoms with E-state index in [4.69, 9.17) is 16.0 Å². The molecule has 1 atom stereocenters. The molecule has 37 heavy (non-hydrogen) atoms. The van der Waals surface area contributed by atoms with Gasteiger partial charge in [-0.3, -0.25) is 14.9 Å². The number of nitrogens with one attached hydrogen (secondary N) is 3. The van der Waals surface area contributed by atoms with Gasteiger partial charge in [0.15, 0.2) is 11.6 Å². The Kier molecular flexibility index (Phi) is 5.54. The SMILES string of the molecule is O=C1NC(=O)C(c2ccc(-c3cnc4c(c3)CC(c3cc(NC(=O)c5ccco5)ccc3Cl)=N4)cc2)N1. The van der Waals surface area contributed by atoms with Crippen molar-refractivity contribution in [2.24, 2.45) is 4.99 Å². The first-order valence-corrected chi connectivity index (χ1v) is 11.8. The number of hydrogen-bond donors (Lipinski definition) is 3. The second kappa shape index (κ2) is 9.03. The Morgan fingerprint density at radius 1 is 1.05 bits per heavy atom. The largest absolute Gasteiger partial charge is 0.459 e. The van der Waals surface area contributed by atoms with E-state index >= 15 is 0 Å². The molecule has 1 saturated heterocycles. The van der Waals surface area contributed by atoms with Gasteiger partial charge in [-0.1, -0.05) is 35.9 Å². The number of furan rings is 1. The number of nitrogens with zero attached hydrogens (tertiary/aromatic N) is 2. The lowest BCUT2D eigenvalue weighted by Crippen LogP contribution is -2.22. The third-order valence-electron chi connectivity index (χ3n) is 6.17. The molecule has 4 heterocycles. The van der Waals surface area contributed by atoms with E-state index < -0.39 is 12.1 Å². The summed E-state index contributed by atoms with van der Waals surface area (Å²) in [6.45, 7) is 0. The number of amides is 4. The summed E-state index contributed by atoms with van der Waals surface area (Å²) in [5.74, 6) is 0.0954. The maximum atomic E-state index is 12.4. The lowest BCUT2D eigenvalue weighted by molar-refractivity contribution is -0.120. The van der Waals surface area contributed by atoms with E-state index in [2.05, 4.69) is 25.9 Å². The molecule has 182 valence electrons. The highest BCUT2D eigenvalue weighted by molar-refractivity contribution is 6.34. The number of aliphatic imine (C=N–C) groups is 1. The summed E-state index contributed by atoms with van der Waals surface area (Å²) in [5, 5.41) is 8.15. The van der Waals surface area contributed by atoms with Gasteiger partial charge in [0.2, 0.25) is 0 Å². The molecule has 0 aliphatic carbocycles. The highest BCUT2D eigenvalue weighted by atomic mass is 35.5. The predicted octanol–water partition coefficient (Wildman–Crippen LogP) is 4.80. The van der Waals surface area contributed by atoms with Gasteiger partial charge in [0, 0.05) is 40.0 Å². The Morgan fingerprint density at radius 3 is 2.62 bits per heavy atom. The Labute approximate surface area is 215 Å². The molecule has 0 saturated carbocycles. The number of pyridine rings is 1. The average Bonchev–Trinajstić information content (AvgIpc) is 3.65. The van der Waals surface area contributed by atoms with Gasteiger partial charge < -0.3 is 15.1 Å². The summed E-state index contributed by atoms with van der Waals surface area (Å²) in [4.78, 5) is 44.9. The number of rotatable bonds is 5. The minimum Gasteiger partial charge on any atom is -0.459 e. The maximum absolute atomic E-state index is 12.4. The summed E-state index contributed by atoms with van der Waals surface area (Å²) in [6.07, 6.45) is 3.71. The number of halogens is 1. The molecule has 6 rings (SSSR count). The minimum atomic E-state index is -0.694. The standard InChI is InChI=1S/C27H18ClN5O4/c28-20-8-7-18(30-25(34)22-2-1-9-37-22)12-19(20)21-11-16-10-17(13-29-24(16)31-21)14-3-5-15(6-4-14)23-26(35)33-27(36)32-23/h1-10,12-13,23H,11H2,(H,30,34)(H2,32,33,35,36). The summed E-state index contributed by atoms with van der Waals surface area (Å²) in [7, 11) is 0. The van der Waals surface area contributed by atoms with Crippen LogP contribution in [0.1, 0.15) is 33.3 Å². The van der Waals surface area contributed by atoms with E-state index in [1.165, 1.54) is 6.26 Å². The monoisotopic (exact) mass is 511 g/mol. The van der Waals surface area contributed by atoms with E-state index in [0.29, 0.717) is 34.1 Å². The van der Waals surface area contributed by atoms with Crippen LogP contribution in [-0.2, 0) is 11.2 Å². The molecule has 2 aliphatic rings. The number of imide groups is 1. The average molecular weight is 512 g/mol. The molecular formula is C27H18ClN5O4. The van der Waals surface area contributed by atoms with Crippen LogP contribution in [0.3, 0.4) is 0 Å². The van der Waals surface area contributed by atoms with Crippen molar-refractivity contribution in [1.29, 1.82) is 0 Å². The smallest absolute Gasteiger partial charge is 0.322 e. The Bertz CT molecular complexity index is 1600. The molecule has 3 N–H and O–H groups in total. The fraction of sp³-hybridized carbons (Fsp3) is 0.0741. The normalized spacial score (nSPS) is 16.1. The van der Waals surface area contributed by atoms with Crippen LogP contribution in [0.2, 0.25) is 5.02 Å². The van der Waals surface area contributed by atoms with Crippen molar-refractivity contribution in [2.75, 3.05) is 5.32 Å². The molecule has 4 amide bonds. The fourth-order valence-electron chi connectivity index (χ4n) is 4.34. The number of urea groups is 1. The van der Waals surface area contributed by atoms with Crippen LogP contribution in [0.5, 0.6) is 0 Å². The zero-order chi connectivity index (χ0) is 25.5. The second-order valence-corrected chi connectivity index (χ2v) is 8.99. The van der Waals surface area contributed by atoms with Gasteiger partial charge in [0.1, 0.15) is 6.04 Å². The molecule has 2 aliphatic heterocycles. The first kappa shape index (κ1) is 22.7. The van der Waals surface area contributed by atoms with Gasteiger partial charge in [0.25, 0.3) is 11.8 Å². The molecule has 10 heteroatoms. The zero-order valence-electron chi connectivity index (χ0n) is 19.1. The number of benzene rings is 2. The molecule has 4 aromatic rings. The number of carbonyl (C=O) groups is 3. The molecule has 1 fully saturated rings. The van der Waals surface area contributed by atoms with Crippen LogP contribution < -0.4 is 16.0 Å². The van der Waals surface area contributed by atoms with Crippen molar-refractivity contribution in [3.8, 4) is 11.1 Å². The van der Waals surface area contributed by atoms with Gasteiger partial charge in [0.05, 0.1) is 12.0 Å². The molecule has 0 radical (unpaired) electrons. The Hall–Kier alpha value is -4.76. The van der Waals surface area contributed by atoms with Crippen LogP contribution in [0, 0.1) is 0 Å². The summed E-state index contributed by atoms with van der Waals surface area (Å²) >= 11 is 6.48. The van der Waals surface area contributed by atoms with E-state index in [1.54, 1.807) is 36.5 Å². The van der Waals surface area contributed by atoms with Crippen LogP contribution >= 0.6 is 11.6 Å². The van der Waals surface area contributed by atoms with Crippen molar-refractivity contribution in [1.82, 2.24) is 15.6 Å². The van der Waals surface area contributed by atoms with Crippen molar-refractivity contribution in [2.45, 2.75) is 12.5 Å². The van der Waals surface area contributed by atoms with E-state index in [1.807, 2.05) is 30.3 Å². The van der Waals surface area contributed by atoms with Crippen LogP contribution in [0.4, 0.5) is 16.3 Å². The number of anilines is 1. The fourth-order valence-corrected chi connectivity index (χ4v) is 4.57. The highest BCUT2D eigenvalue weighted by Gasteiger charge is 2.30. The summed E-state index contributed by atoms with van der Waals surface area (Å²) in [6, 6.07) is 16.7. The van der Waals surface area contributed by atoms with Crippen molar-refractivity contribution < 1.29 is 18.8 Å². The molecule has 9 nitrogen and oxygen atoms in total.